The van der Waals surface area contributed by atoms with Crippen LogP contribution in [0.3, 0.4) is 0 Å². The molecular weight excluding hydrogens is 455 g/mol. The summed E-state index contributed by atoms with van der Waals surface area (Å²) in [7, 11) is 3.94. The standard InChI is InChI=1S/C21H28F3N7O3/c1-30(2)8-3-6-17-27-16(13-34-17)28-20-26-12-15(21(22,23)24)19(29-20)25-7-4-9-31-10-5-11-33-14-18(31)32/h5,11-13H,3-4,6-10,14H2,1-2H3,(H2,25,26,28,29). The van der Waals surface area contributed by atoms with Gasteiger partial charge in [0.15, 0.2) is 18.3 Å². The number of amides is 1. The van der Waals surface area contributed by atoms with E-state index >= 15 is 0 Å². The highest BCUT2D eigenvalue weighted by atomic mass is 19.4. The molecular formula is C21H28F3N7O3. The normalized spacial score (nSPS) is 14.3. The average molecular weight is 483 g/mol. The van der Waals surface area contributed by atoms with Gasteiger partial charge in [-0.25, -0.2) is 4.98 Å². The lowest BCUT2D eigenvalue weighted by molar-refractivity contribution is -0.137. The highest BCUT2D eigenvalue weighted by Gasteiger charge is 2.35. The molecule has 3 rings (SSSR count). The Balaban J connectivity index is 1.60. The van der Waals surface area contributed by atoms with E-state index in [-0.39, 0.29) is 30.8 Å². The number of halogens is 3. The van der Waals surface area contributed by atoms with E-state index in [9.17, 15) is 18.0 Å². The number of oxazole rings is 1. The van der Waals surface area contributed by atoms with E-state index < -0.39 is 11.7 Å². The number of rotatable bonds is 11. The fourth-order valence-electron chi connectivity index (χ4n) is 3.17. The summed E-state index contributed by atoms with van der Waals surface area (Å²) in [5.41, 5.74) is -0.982. The van der Waals surface area contributed by atoms with Crippen molar-refractivity contribution < 1.29 is 27.1 Å². The number of hydrogen-bond donors (Lipinski definition) is 2. The minimum atomic E-state index is -4.63. The minimum Gasteiger partial charge on any atom is -0.492 e. The molecule has 2 N–H and O–H groups in total. The number of aromatic nitrogens is 3. The van der Waals surface area contributed by atoms with E-state index in [1.165, 1.54) is 12.5 Å². The molecule has 10 nitrogen and oxygen atoms in total. The number of nitrogens with one attached hydrogen (secondary N) is 2. The quantitative estimate of drug-likeness (QED) is 0.466. The van der Waals surface area contributed by atoms with Gasteiger partial charge in [-0.2, -0.15) is 23.1 Å². The van der Waals surface area contributed by atoms with Crippen LogP contribution in [0.25, 0.3) is 0 Å². The number of nitrogens with zero attached hydrogens (tertiary/aromatic N) is 5. The van der Waals surface area contributed by atoms with Crippen LogP contribution in [0.4, 0.5) is 30.8 Å². The number of carbonyl (C=O) groups excluding carboxylic acids is 1. The molecule has 3 heterocycles. The van der Waals surface area contributed by atoms with Gasteiger partial charge >= 0.3 is 6.18 Å². The molecule has 0 saturated carbocycles. The largest absolute Gasteiger partial charge is 0.492 e. The van der Waals surface area contributed by atoms with Gasteiger partial charge in [0.2, 0.25) is 5.95 Å². The third-order valence-corrected chi connectivity index (χ3v) is 4.86. The lowest BCUT2D eigenvalue weighted by Gasteiger charge is -2.19. The summed E-state index contributed by atoms with van der Waals surface area (Å²) in [5, 5.41) is 5.49. The Hall–Kier alpha value is -3.35. The highest BCUT2D eigenvalue weighted by molar-refractivity contribution is 5.77. The molecule has 0 atom stereocenters. The van der Waals surface area contributed by atoms with Crippen LogP contribution in [-0.2, 0) is 22.1 Å². The highest BCUT2D eigenvalue weighted by Crippen LogP contribution is 2.34. The zero-order valence-electron chi connectivity index (χ0n) is 19.1. The van der Waals surface area contributed by atoms with Gasteiger partial charge in [-0.1, -0.05) is 0 Å². The first-order chi connectivity index (χ1) is 16.2. The lowest BCUT2D eigenvalue weighted by atomic mass is 10.3. The van der Waals surface area contributed by atoms with E-state index in [1.807, 2.05) is 19.0 Å². The van der Waals surface area contributed by atoms with Crippen molar-refractivity contribution in [2.75, 3.05) is 57.5 Å². The fraction of sp³-hybridized carbons (Fsp3) is 0.524. The first kappa shape index (κ1) is 25.3. The monoisotopic (exact) mass is 483 g/mol. The van der Waals surface area contributed by atoms with E-state index in [1.54, 1.807) is 11.0 Å². The first-order valence-electron chi connectivity index (χ1n) is 10.8. The summed E-state index contributed by atoms with van der Waals surface area (Å²) >= 11 is 0. The molecule has 0 unspecified atom stereocenters. The molecule has 0 radical (unpaired) electrons. The van der Waals surface area contributed by atoms with Gasteiger partial charge in [0.1, 0.15) is 17.6 Å². The van der Waals surface area contributed by atoms with Crippen molar-refractivity contribution in [3.63, 3.8) is 0 Å². The van der Waals surface area contributed by atoms with Gasteiger partial charge < -0.3 is 29.6 Å². The second kappa shape index (κ2) is 11.7. The summed E-state index contributed by atoms with van der Waals surface area (Å²) in [6, 6.07) is 0. The third kappa shape index (κ3) is 7.61. The van der Waals surface area contributed by atoms with Crippen molar-refractivity contribution in [2.45, 2.75) is 25.4 Å². The molecule has 0 saturated heterocycles. The van der Waals surface area contributed by atoms with Crippen LogP contribution >= 0.6 is 0 Å². The minimum absolute atomic E-state index is 0.0476. The summed E-state index contributed by atoms with van der Waals surface area (Å²) in [6.07, 6.45) is 2.53. The van der Waals surface area contributed by atoms with Crippen molar-refractivity contribution in [1.82, 2.24) is 24.8 Å². The Kier molecular flexibility index (Phi) is 8.68. The second-order valence-electron chi connectivity index (χ2n) is 7.91. The van der Waals surface area contributed by atoms with E-state index in [2.05, 4.69) is 25.6 Å². The van der Waals surface area contributed by atoms with Gasteiger partial charge in [0, 0.05) is 32.3 Å². The SMILES string of the molecule is CN(C)CCCc1nc(Nc2ncc(C(F)(F)F)c(NCCCN3CC=COCC3=O)n2)co1. The molecule has 0 aromatic carbocycles. The molecule has 1 aliphatic heterocycles. The summed E-state index contributed by atoms with van der Waals surface area (Å²) in [6.45, 7) is 1.75. The van der Waals surface area contributed by atoms with Gasteiger partial charge in [-0.05, 0) is 39.6 Å². The maximum Gasteiger partial charge on any atom is 0.421 e. The van der Waals surface area contributed by atoms with Gasteiger partial charge in [-0.15, -0.1) is 0 Å². The second-order valence-corrected chi connectivity index (χ2v) is 7.91. The predicted octanol–water partition coefficient (Wildman–Crippen LogP) is 2.90. The zero-order chi connectivity index (χ0) is 24.6. The number of alkyl halides is 3. The zero-order valence-corrected chi connectivity index (χ0v) is 19.1. The van der Waals surface area contributed by atoms with Gasteiger partial charge in [-0.3, -0.25) is 4.79 Å². The maximum atomic E-state index is 13.4. The Morgan fingerprint density at radius 3 is 2.82 bits per heavy atom. The summed E-state index contributed by atoms with van der Waals surface area (Å²) < 4.78 is 50.7. The van der Waals surface area contributed by atoms with Crippen molar-refractivity contribution >= 4 is 23.5 Å². The van der Waals surface area contributed by atoms with Gasteiger partial charge in [0.25, 0.3) is 5.91 Å². The molecule has 0 spiro atoms. The maximum absolute atomic E-state index is 13.4. The third-order valence-electron chi connectivity index (χ3n) is 4.86. The molecule has 13 heteroatoms. The molecule has 186 valence electrons. The van der Waals surface area contributed by atoms with Crippen LogP contribution in [0.5, 0.6) is 0 Å². The van der Waals surface area contributed by atoms with Crippen molar-refractivity contribution in [3.05, 3.63) is 36.3 Å². The summed E-state index contributed by atoms with van der Waals surface area (Å²) in [5.74, 6) is 0.236. The van der Waals surface area contributed by atoms with Crippen LogP contribution in [-0.4, -0.2) is 77.5 Å². The van der Waals surface area contributed by atoms with Gasteiger partial charge in [0.05, 0.1) is 6.26 Å². The van der Waals surface area contributed by atoms with E-state index in [0.717, 1.165) is 19.2 Å². The Morgan fingerprint density at radius 2 is 2.06 bits per heavy atom. The number of carbonyl (C=O) groups is 1. The molecule has 0 bridgehead atoms. The molecule has 0 aliphatic carbocycles. The summed E-state index contributed by atoms with van der Waals surface area (Å²) in [4.78, 5) is 27.6. The van der Waals surface area contributed by atoms with Crippen LogP contribution in [0.1, 0.15) is 24.3 Å². The topological polar surface area (TPSA) is 109 Å². The van der Waals surface area contributed by atoms with Crippen LogP contribution in [0.15, 0.2) is 29.2 Å². The first-order valence-corrected chi connectivity index (χ1v) is 10.8. The predicted molar refractivity (Wildman–Crippen MR) is 118 cm³/mol. The molecule has 1 amide bonds. The van der Waals surface area contributed by atoms with Crippen LogP contribution < -0.4 is 10.6 Å². The van der Waals surface area contributed by atoms with E-state index in [4.69, 9.17) is 9.15 Å². The van der Waals surface area contributed by atoms with Crippen LogP contribution in [0.2, 0.25) is 0 Å². The number of anilines is 3. The molecule has 34 heavy (non-hydrogen) atoms. The van der Waals surface area contributed by atoms with Crippen LogP contribution in [0, 0.1) is 0 Å². The Bertz CT molecular complexity index is 979. The molecule has 2 aromatic rings. The van der Waals surface area contributed by atoms with Crippen molar-refractivity contribution in [1.29, 1.82) is 0 Å². The smallest absolute Gasteiger partial charge is 0.421 e. The van der Waals surface area contributed by atoms with Crippen molar-refractivity contribution in [3.8, 4) is 0 Å². The average Bonchev–Trinajstić information content (AvgIpc) is 3.10. The molecule has 1 aliphatic rings. The number of aryl methyl sites for hydroxylation is 1. The lowest BCUT2D eigenvalue weighted by Crippen LogP contribution is -2.34. The fourth-order valence-corrected chi connectivity index (χ4v) is 3.17. The molecule has 2 aromatic heterocycles. The Labute approximate surface area is 195 Å². The molecule has 0 fully saturated rings. The van der Waals surface area contributed by atoms with E-state index in [0.29, 0.717) is 37.6 Å². The number of ether oxygens (including phenoxy) is 1. The number of hydrogen-bond acceptors (Lipinski definition) is 9. The van der Waals surface area contributed by atoms with Crippen molar-refractivity contribution in [2.24, 2.45) is 0 Å². The Morgan fingerprint density at radius 1 is 1.24 bits per heavy atom.